The summed E-state index contributed by atoms with van der Waals surface area (Å²) < 4.78 is 1.90. The minimum absolute atomic E-state index is 0.187. The van der Waals surface area contributed by atoms with Crippen LogP contribution in [0.15, 0.2) is 10.9 Å². The molecule has 1 fully saturated rings. The summed E-state index contributed by atoms with van der Waals surface area (Å²) in [5.74, 6) is -0.187. The highest BCUT2D eigenvalue weighted by atomic mass is 16.3. The van der Waals surface area contributed by atoms with Gasteiger partial charge in [0.2, 0.25) is 5.43 Å². The first-order valence-electron chi connectivity index (χ1n) is 7.65. The van der Waals surface area contributed by atoms with Gasteiger partial charge < -0.3 is 14.8 Å². The van der Waals surface area contributed by atoms with Crippen LogP contribution in [0.25, 0.3) is 0 Å². The Morgan fingerprint density at radius 2 is 1.81 bits per heavy atom. The van der Waals surface area contributed by atoms with Gasteiger partial charge in [-0.2, -0.15) is 0 Å². The number of nitrogens with zero attached hydrogens (tertiary/aromatic N) is 2. The molecule has 0 unspecified atom stereocenters. The zero-order valence-corrected chi connectivity index (χ0v) is 13.2. The number of aromatic nitrogens is 1. The second-order valence-corrected chi connectivity index (χ2v) is 6.80. The zero-order chi connectivity index (χ0) is 15.6. The van der Waals surface area contributed by atoms with Gasteiger partial charge >= 0.3 is 0 Å². The zero-order valence-electron chi connectivity index (χ0n) is 13.2. The van der Waals surface area contributed by atoms with E-state index in [0.29, 0.717) is 17.9 Å². The van der Waals surface area contributed by atoms with E-state index in [0.717, 1.165) is 25.9 Å². The summed E-state index contributed by atoms with van der Waals surface area (Å²) in [7, 11) is 0. The van der Waals surface area contributed by atoms with Crippen molar-refractivity contribution >= 4 is 0 Å². The van der Waals surface area contributed by atoms with E-state index in [1.54, 1.807) is 0 Å². The van der Waals surface area contributed by atoms with E-state index in [1.807, 2.05) is 25.3 Å². The highest BCUT2D eigenvalue weighted by molar-refractivity contribution is 5.31. The summed E-state index contributed by atoms with van der Waals surface area (Å²) in [6.07, 6.45) is 3.55. The molecule has 5 heteroatoms. The molecule has 1 aliphatic rings. The summed E-state index contributed by atoms with van der Waals surface area (Å²) in [4.78, 5) is 14.2. The van der Waals surface area contributed by atoms with Crippen molar-refractivity contribution in [2.24, 2.45) is 0 Å². The maximum absolute atomic E-state index is 11.9. The van der Waals surface area contributed by atoms with Gasteiger partial charge in [-0.05, 0) is 46.7 Å². The van der Waals surface area contributed by atoms with Crippen molar-refractivity contribution in [3.05, 3.63) is 27.7 Å². The van der Waals surface area contributed by atoms with E-state index in [-0.39, 0.29) is 17.9 Å². The van der Waals surface area contributed by atoms with Crippen LogP contribution in [0.4, 0.5) is 0 Å². The molecule has 0 saturated carbocycles. The first-order chi connectivity index (χ1) is 9.84. The van der Waals surface area contributed by atoms with E-state index >= 15 is 0 Å². The lowest BCUT2D eigenvalue weighted by molar-refractivity contribution is 0.199. The third-order valence-electron chi connectivity index (χ3n) is 4.02. The van der Waals surface area contributed by atoms with Gasteiger partial charge in [0.15, 0.2) is 5.75 Å². The predicted octanol–water partition coefficient (Wildman–Crippen LogP) is 1.79. The highest BCUT2D eigenvalue weighted by Crippen LogP contribution is 2.26. The highest BCUT2D eigenvalue weighted by Gasteiger charge is 2.25. The summed E-state index contributed by atoms with van der Waals surface area (Å²) in [6, 6.07) is 1.33. The molecule has 0 aromatic carbocycles. The summed E-state index contributed by atoms with van der Waals surface area (Å²) >= 11 is 0. The Kier molecular flexibility index (Phi) is 4.74. The fraction of sp³-hybridized carbons (Fsp3) is 0.688. The van der Waals surface area contributed by atoms with Crippen LogP contribution in [-0.2, 0) is 18.7 Å². The second kappa shape index (κ2) is 6.20. The van der Waals surface area contributed by atoms with Gasteiger partial charge in [0.1, 0.15) is 0 Å². The van der Waals surface area contributed by atoms with E-state index in [1.165, 1.54) is 12.5 Å². The fourth-order valence-corrected chi connectivity index (χ4v) is 3.13. The maximum atomic E-state index is 11.9. The molecule has 118 valence electrons. The van der Waals surface area contributed by atoms with E-state index < -0.39 is 5.43 Å². The molecule has 0 amide bonds. The van der Waals surface area contributed by atoms with E-state index in [2.05, 4.69) is 4.90 Å². The predicted molar refractivity (Wildman–Crippen MR) is 82.4 cm³/mol. The molecule has 2 rings (SSSR count). The van der Waals surface area contributed by atoms with Crippen LogP contribution in [0.2, 0.25) is 0 Å². The lowest BCUT2D eigenvalue weighted by Gasteiger charge is -2.34. The summed E-state index contributed by atoms with van der Waals surface area (Å²) in [5, 5.41) is 19.8. The Morgan fingerprint density at radius 1 is 1.19 bits per heavy atom. The Labute approximate surface area is 125 Å². The SMILES string of the molecule is CC(C)(C)n1c(CO)cc(=O)c(O)c1CN1CCCCC1. The molecule has 1 aromatic rings. The van der Waals surface area contributed by atoms with Crippen molar-refractivity contribution < 1.29 is 10.2 Å². The monoisotopic (exact) mass is 294 g/mol. The van der Waals surface area contributed by atoms with Gasteiger partial charge in [0, 0.05) is 23.8 Å². The van der Waals surface area contributed by atoms with Crippen molar-refractivity contribution in [2.45, 2.75) is 58.7 Å². The van der Waals surface area contributed by atoms with E-state index in [4.69, 9.17) is 0 Å². The van der Waals surface area contributed by atoms with Crippen LogP contribution in [0.3, 0.4) is 0 Å². The largest absolute Gasteiger partial charge is 0.503 e. The lowest BCUT2D eigenvalue weighted by Crippen LogP contribution is -2.36. The first-order valence-corrected chi connectivity index (χ1v) is 7.65. The van der Waals surface area contributed by atoms with Crippen LogP contribution in [-0.4, -0.2) is 32.8 Å². The van der Waals surface area contributed by atoms with Crippen LogP contribution in [0, 0.1) is 0 Å². The van der Waals surface area contributed by atoms with Crippen molar-refractivity contribution in [1.82, 2.24) is 9.47 Å². The van der Waals surface area contributed by atoms with Gasteiger partial charge in [0.05, 0.1) is 12.3 Å². The topological polar surface area (TPSA) is 65.7 Å². The smallest absolute Gasteiger partial charge is 0.223 e. The number of aromatic hydroxyl groups is 1. The van der Waals surface area contributed by atoms with Crippen molar-refractivity contribution in [2.75, 3.05) is 13.1 Å². The number of aliphatic hydroxyl groups excluding tert-OH is 1. The average Bonchev–Trinajstić information content (AvgIpc) is 2.43. The van der Waals surface area contributed by atoms with Crippen molar-refractivity contribution in [3.63, 3.8) is 0 Å². The number of likely N-dealkylation sites (tertiary alicyclic amines) is 1. The summed E-state index contributed by atoms with van der Waals surface area (Å²) in [5.41, 5.74) is 0.443. The molecule has 1 saturated heterocycles. The quantitative estimate of drug-likeness (QED) is 0.892. The number of piperidine rings is 1. The standard InChI is InChI=1S/C16H26N2O3/c1-16(2,3)18-12(11-19)9-14(20)15(21)13(18)10-17-7-5-4-6-8-17/h9,19,21H,4-8,10-11H2,1-3H3. The third-order valence-corrected chi connectivity index (χ3v) is 4.02. The van der Waals surface area contributed by atoms with Crippen LogP contribution >= 0.6 is 0 Å². The fourth-order valence-electron chi connectivity index (χ4n) is 3.13. The van der Waals surface area contributed by atoms with Crippen LogP contribution < -0.4 is 5.43 Å². The number of pyridine rings is 1. The molecule has 2 N–H and O–H groups in total. The molecule has 0 spiro atoms. The Morgan fingerprint density at radius 3 is 2.33 bits per heavy atom. The van der Waals surface area contributed by atoms with Crippen LogP contribution in [0.5, 0.6) is 5.75 Å². The van der Waals surface area contributed by atoms with Gasteiger partial charge in [-0.15, -0.1) is 0 Å². The third kappa shape index (κ3) is 3.47. The molecule has 0 aliphatic carbocycles. The van der Waals surface area contributed by atoms with Crippen molar-refractivity contribution in [1.29, 1.82) is 0 Å². The molecule has 0 atom stereocenters. The Bertz CT molecular complexity index is 552. The van der Waals surface area contributed by atoms with Crippen molar-refractivity contribution in [3.8, 4) is 5.75 Å². The summed E-state index contributed by atoms with van der Waals surface area (Å²) in [6.45, 7) is 8.34. The number of hydrogen-bond donors (Lipinski definition) is 2. The Hall–Kier alpha value is -1.33. The molecular weight excluding hydrogens is 268 g/mol. The second-order valence-electron chi connectivity index (χ2n) is 6.80. The molecule has 2 heterocycles. The van der Waals surface area contributed by atoms with Gasteiger partial charge in [-0.25, -0.2) is 0 Å². The number of hydrogen-bond acceptors (Lipinski definition) is 4. The molecule has 21 heavy (non-hydrogen) atoms. The van der Waals surface area contributed by atoms with Gasteiger partial charge in [-0.1, -0.05) is 6.42 Å². The average molecular weight is 294 g/mol. The molecule has 0 radical (unpaired) electrons. The molecule has 1 aromatic heterocycles. The molecule has 1 aliphatic heterocycles. The molecular formula is C16H26N2O3. The minimum Gasteiger partial charge on any atom is -0.503 e. The first kappa shape index (κ1) is 16.0. The molecule has 5 nitrogen and oxygen atoms in total. The maximum Gasteiger partial charge on any atom is 0.223 e. The number of rotatable bonds is 3. The normalized spacial score (nSPS) is 17.1. The lowest BCUT2D eigenvalue weighted by atomic mass is 10.0. The van der Waals surface area contributed by atoms with Crippen LogP contribution in [0.1, 0.15) is 51.4 Å². The van der Waals surface area contributed by atoms with E-state index in [9.17, 15) is 15.0 Å². The molecule has 0 bridgehead atoms. The van der Waals surface area contributed by atoms with Gasteiger partial charge in [-0.3, -0.25) is 9.69 Å². The minimum atomic E-state index is -0.411. The Balaban J connectivity index is 2.50. The van der Waals surface area contributed by atoms with Gasteiger partial charge in [0.25, 0.3) is 0 Å². The number of aliphatic hydroxyl groups is 1.